The maximum atomic E-state index is 13.0. The molecule has 1 unspecified atom stereocenters. The molecule has 0 saturated carbocycles. The van der Waals surface area contributed by atoms with E-state index < -0.39 is 26.7 Å². The van der Waals surface area contributed by atoms with Crippen LogP contribution in [0.2, 0.25) is 0 Å². The molecule has 7 nitrogen and oxygen atoms in total. The molecule has 2 aromatic rings. The van der Waals surface area contributed by atoms with Crippen LogP contribution in [0.25, 0.3) is 0 Å². The third-order valence-electron chi connectivity index (χ3n) is 3.82. The topological polar surface area (TPSA) is 97.6 Å². The van der Waals surface area contributed by atoms with Crippen molar-refractivity contribution in [3.8, 4) is 0 Å². The van der Waals surface area contributed by atoms with Crippen molar-refractivity contribution in [2.45, 2.75) is 6.04 Å². The number of benzene rings is 2. The van der Waals surface area contributed by atoms with Crippen LogP contribution in [-0.4, -0.2) is 31.0 Å². The van der Waals surface area contributed by atoms with Crippen LogP contribution in [-0.2, 0) is 9.84 Å². The van der Waals surface area contributed by atoms with Crippen LogP contribution < -0.4 is 4.90 Å². The lowest BCUT2D eigenvalue weighted by Crippen LogP contribution is -2.41. The van der Waals surface area contributed by atoms with E-state index >= 15 is 0 Å². The fraction of sp³-hybridized carbons (Fsp3) is 0.118. The number of nitrogens with zero attached hydrogens (tertiary/aromatic N) is 2. The van der Waals surface area contributed by atoms with Gasteiger partial charge in [0.2, 0.25) is 0 Å². The first-order chi connectivity index (χ1) is 11.9. The first kappa shape index (κ1) is 16.8. The highest BCUT2D eigenvalue weighted by atomic mass is 32.2. The van der Waals surface area contributed by atoms with Gasteiger partial charge in [-0.3, -0.25) is 14.9 Å². The highest BCUT2D eigenvalue weighted by Crippen LogP contribution is 2.25. The van der Waals surface area contributed by atoms with Crippen LogP contribution in [0, 0.1) is 10.1 Å². The van der Waals surface area contributed by atoms with Crippen LogP contribution in [0.4, 0.5) is 11.4 Å². The molecule has 0 spiro atoms. The summed E-state index contributed by atoms with van der Waals surface area (Å²) in [5, 5.41) is 11.9. The molecule has 1 heterocycles. The van der Waals surface area contributed by atoms with E-state index in [2.05, 4.69) is 0 Å². The van der Waals surface area contributed by atoms with Gasteiger partial charge < -0.3 is 4.90 Å². The maximum absolute atomic E-state index is 13.0. The van der Waals surface area contributed by atoms with Crippen LogP contribution >= 0.6 is 0 Å². The minimum absolute atomic E-state index is 0.119. The molecule has 25 heavy (non-hydrogen) atoms. The molecule has 1 aliphatic rings. The van der Waals surface area contributed by atoms with E-state index in [1.54, 1.807) is 30.3 Å². The monoisotopic (exact) mass is 358 g/mol. The quantitative estimate of drug-likeness (QED) is 0.618. The minimum Gasteiger partial charge on any atom is -0.300 e. The largest absolute Gasteiger partial charge is 0.300 e. The Morgan fingerprint density at radius 1 is 1.08 bits per heavy atom. The molecule has 0 bridgehead atoms. The van der Waals surface area contributed by atoms with Gasteiger partial charge in [0, 0.05) is 28.8 Å². The molecule has 128 valence electrons. The van der Waals surface area contributed by atoms with Crippen molar-refractivity contribution in [2.24, 2.45) is 0 Å². The summed E-state index contributed by atoms with van der Waals surface area (Å²) in [5.74, 6) is -0.617. The Hall–Kier alpha value is -3.00. The average molecular weight is 358 g/mol. The maximum Gasteiger partial charge on any atom is 0.269 e. The Bertz CT molecular complexity index is 937. The van der Waals surface area contributed by atoms with E-state index in [0.717, 1.165) is 5.41 Å². The summed E-state index contributed by atoms with van der Waals surface area (Å²) >= 11 is 0. The van der Waals surface area contributed by atoms with Crippen molar-refractivity contribution in [3.05, 3.63) is 81.8 Å². The number of amides is 1. The normalized spacial score (nSPS) is 18.0. The summed E-state index contributed by atoms with van der Waals surface area (Å²) < 4.78 is 23.5. The number of nitro groups is 1. The highest BCUT2D eigenvalue weighted by molar-refractivity contribution is 7.94. The number of non-ortho nitro benzene ring substituents is 1. The van der Waals surface area contributed by atoms with Crippen LogP contribution in [0.3, 0.4) is 0 Å². The second kappa shape index (κ2) is 6.48. The Morgan fingerprint density at radius 3 is 2.24 bits per heavy atom. The van der Waals surface area contributed by atoms with Gasteiger partial charge in [-0.1, -0.05) is 18.2 Å². The zero-order valence-electron chi connectivity index (χ0n) is 13.0. The molecular weight excluding hydrogens is 344 g/mol. The summed E-state index contributed by atoms with van der Waals surface area (Å²) in [4.78, 5) is 24.5. The second-order valence-electron chi connectivity index (χ2n) is 5.54. The highest BCUT2D eigenvalue weighted by Gasteiger charge is 2.32. The third-order valence-corrected chi connectivity index (χ3v) is 5.20. The van der Waals surface area contributed by atoms with Crippen LogP contribution in [0.15, 0.2) is 66.1 Å². The molecular formula is C17H14N2O5S. The summed E-state index contributed by atoms with van der Waals surface area (Å²) in [6.07, 6.45) is 1.48. The number of sulfone groups is 1. The first-order valence-electron chi connectivity index (χ1n) is 7.41. The standard InChI is InChI=1S/C17H14N2O5S/c20-17(13-6-8-15(9-7-13)19(21)22)18(14-4-2-1-3-5-14)16-10-11-25(23,24)12-16/h1-11,16H,12H2. The van der Waals surface area contributed by atoms with E-state index in [1.165, 1.54) is 35.2 Å². The molecule has 8 heteroatoms. The number of anilines is 1. The number of nitro benzene ring substituents is 1. The molecule has 1 amide bonds. The van der Waals surface area contributed by atoms with Gasteiger partial charge >= 0.3 is 0 Å². The van der Waals surface area contributed by atoms with Crippen molar-refractivity contribution in [1.29, 1.82) is 0 Å². The van der Waals surface area contributed by atoms with Gasteiger partial charge in [-0.25, -0.2) is 8.42 Å². The number of para-hydroxylation sites is 1. The molecule has 0 aromatic heterocycles. The minimum atomic E-state index is -3.35. The zero-order valence-corrected chi connectivity index (χ0v) is 13.8. The van der Waals surface area contributed by atoms with Gasteiger partial charge in [0.15, 0.2) is 9.84 Å². The van der Waals surface area contributed by atoms with Gasteiger partial charge in [0.1, 0.15) is 0 Å². The van der Waals surface area contributed by atoms with Crippen LogP contribution in [0.1, 0.15) is 10.4 Å². The van der Waals surface area contributed by atoms with Gasteiger partial charge in [-0.15, -0.1) is 0 Å². The summed E-state index contributed by atoms with van der Waals surface area (Å²) in [6, 6.07) is 13.3. The van der Waals surface area contributed by atoms with Crippen molar-refractivity contribution in [2.75, 3.05) is 10.7 Å². The lowest BCUT2D eigenvalue weighted by molar-refractivity contribution is -0.384. The van der Waals surface area contributed by atoms with Gasteiger partial charge in [0.25, 0.3) is 11.6 Å². The number of hydrogen-bond donors (Lipinski definition) is 0. The molecule has 0 aliphatic carbocycles. The number of rotatable bonds is 4. The van der Waals surface area contributed by atoms with E-state index in [4.69, 9.17) is 0 Å². The van der Waals surface area contributed by atoms with Gasteiger partial charge in [0.05, 0.1) is 16.7 Å². The summed E-state index contributed by atoms with van der Waals surface area (Å²) in [7, 11) is -3.35. The van der Waals surface area contributed by atoms with Crippen molar-refractivity contribution >= 4 is 27.1 Å². The van der Waals surface area contributed by atoms with E-state index in [0.29, 0.717) is 5.69 Å². The molecule has 0 N–H and O–H groups in total. The molecule has 2 aromatic carbocycles. The van der Waals surface area contributed by atoms with E-state index in [-0.39, 0.29) is 17.0 Å². The van der Waals surface area contributed by atoms with Crippen molar-refractivity contribution < 1.29 is 18.1 Å². The first-order valence-corrected chi connectivity index (χ1v) is 9.13. The van der Waals surface area contributed by atoms with Gasteiger partial charge in [-0.05, 0) is 30.3 Å². The zero-order chi connectivity index (χ0) is 18.0. The molecule has 3 rings (SSSR count). The molecule has 1 aliphatic heterocycles. The number of carbonyl (C=O) groups is 1. The average Bonchev–Trinajstić information content (AvgIpc) is 2.95. The van der Waals surface area contributed by atoms with Crippen LogP contribution in [0.5, 0.6) is 0 Å². The van der Waals surface area contributed by atoms with Crippen molar-refractivity contribution in [1.82, 2.24) is 0 Å². The lowest BCUT2D eigenvalue weighted by Gasteiger charge is -2.27. The third kappa shape index (κ3) is 3.58. The predicted molar refractivity (Wildman–Crippen MR) is 93.1 cm³/mol. The number of hydrogen-bond acceptors (Lipinski definition) is 5. The fourth-order valence-corrected chi connectivity index (χ4v) is 3.90. The smallest absolute Gasteiger partial charge is 0.269 e. The Balaban J connectivity index is 1.98. The molecule has 0 fully saturated rings. The number of carbonyl (C=O) groups excluding carboxylic acids is 1. The molecule has 0 saturated heterocycles. The Morgan fingerprint density at radius 2 is 1.72 bits per heavy atom. The fourth-order valence-electron chi connectivity index (χ4n) is 2.63. The SMILES string of the molecule is O=C(c1ccc([N+](=O)[O-])cc1)N(c1ccccc1)C1C=CS(=O)(=O)C1. The van der Waals surface area contributed by atoms with E-state index in [9.17, 15) is 23.3 Å². The van der Waals surface area contributed by atoms with Crippen molar-refractivity contribution in [3.63, 3.8) is 0 Å². The van der Waals surface area contributed by atoms with E-state index in [1.807, 2.05) is 0 Å². The Labute approximate surface area is 144 Å². The predicted octanol–water partition coefficient (Wildman–Crippen LogP) is 2.55. The summed E-state index contributed by atoms with van der Waals surface area (Å²) in [5.41, 5.74) is 0.677. The Kier molecular flexibility index (Phi) is 4.37. The molecule has 1 atom stereocenters. The second-order valence-corrected chi connectivity index (χ2v) is 7.47. The lowest BCUT2D eigenvalue weighted by atomic mass is 10.1. The molecule has 0 radical (unpaired) electrons. The van der Waals surface area contributed by atoms with Gasteiger partial charge in [-0.2, -0.15) is 0 Å². The summed E-state index contributed by atoms with van der Waals surface area (Å²) in [6.45, 7) is 0.